The van der Waals surface area contributed by atoms with Gasteiger partial charge < -0.3 is 20.3 Å². The second kappa shape index (κ2) is 10.1. The first-order valence-electron chi connectivity index (χ1n) is 12.2. The van der Waals surface area contributed by atoms with Crippen molar-refractivity contribution in [3.63, 3.8) is 0 Å². The van der Waals surface area contributed by atoms with Crippen LogP contribution in [-0.2, 0) is 19.3 Å². The number of urea groups is 1. The monoisotopic (exact) mass is 559 g/mol. The predicted molar refractivity (Wildman–Crippen MR) is 143 cm³/mol. The van der Waals surface area contributed by atoms with Crippen molar-refractivity contribution < 1.29 is 22.3 Å². The van der Waals surface area contributed by atoms with E-state index in [4.69, 9.17) is 26.3 Å². The van der Waals surface area contributed by atoms with Crippen LogP contribution in [0.5, 0.6) is 0 Å². The summed E-state index contributed by atoms with van der Waals surface area (Å²) in [6.45, 7) is 3.66. The second-order valence-electron chi connectivity index (χ2n) is 9.41. The fourth-order valence-corrected chi connectivity index (χ4v) is 6.79. The van der Waals surface area contributed by atoms with Crippen molar-refractivity contribution in [3.8, 4) is 11.4 Å². The number of hydrogen-bond donors (Lipinski definition) is 2. The summed E-state index contributed by atoms with van der Waals surface area (Å²) in [5, 5.41) is 4.95. The molecule has 0 radical (unpaired) electrons. The van der Waals surface area contributed by atoms with Crippen molar-refractivity contribution >= 4 is 39.0 Å². The Bertz CT molecular complexity index is 1480. The van der Waals surface area contributed by atoms with Gasteiger partial charge in [-0.2, -0.15) is 0 Å². The molecule has 1 aliphatic carbocycles. The SMILES string of the molecule is CNC(=O)Nc1ccc(-c2nc(N3CCOC[C@@H]3C)cc(C3(S(=O)(=O)c4ccc(F)c(Cl)c4)CC3)n2)cc1. The number of ether oxygens (including phenoxy) is 1. The van der Waals surface area contributed by atoms with Gasteiger partial charge in [0.15, 0.2) is 15.7 Å². The maximum absolute atomic E-state index is 13.8. The van der Waals surface area contributed by atoms with Gasteiger partial charge in [0.05, 0.1) is 34.9 Å². The van der Waals surface area contributed by atoms with Gasteiger partial charge in [-0.05, 0) is 62.2 Å². The molecule has 1 saturated heterocycles. The summed E-state index contributed by atoms with van der Waals surface area (Å²) in [4.78, 5) is 23.2. The van der Waals surface area contributed by atoms with Gasteiger partial charge >= 0.3 is 6.03 Å². The van der Waals surface area contributed by atoms with E-state index in [1.54, 1.807) is 30.3 Å². The molecule has 0 spiro atoms. The molecule has 2 aliphatic rings. The topological polar surface area (TPSA) is 114 Å². The number of nitrogens with one attached hydrogen (secondary N) is 2. The lowest BCUT2D eigenvalue weighted by Crippen LogP contribution is -2.44. The second-order valence-corrected chi connectivity index (χ2v) is 12.1. The molecule has 2 N–H and O–H groups in total. The van der Waals surface area contributed by atoms with Crippen LogP contribution in [0.1, 0.15) is 25.5 Å². The summed E-state index contributed by atoms with van der Waals surface area (Å²) in [7, 11) is -2.42. The molecule has 200 valence electrons. The first-order chi connectivity index (χ1) is 18.1. The van der Waals surface area contributed by atoms with Crippen molar-refractivity contribution in [2.45, 2.75) is 35.4 Å². The highest BCUT2D eigenvalue weighted by Crippen LogP contribution is 2.55. The van der Waals surface area contributed by atoms with Gasteiger partial charge in [-0.1, -0.05) is 11.6 Å². The van der Waals surface area contributed by atoms with Crippen molar-refractivity contribution in [1.82, 2.24) is 15.3 Å². The lowest BCUT2D eigenvalue weighted by molar-refractivity contribution is 0.0985. The lowest BCUT2D eigenvalue weighted by Gasteiger charge is -2.34. The number of rotatable bonds is 6. The number of halogens is 2. The van der Waals surface area contributed by atoms with E-state index in [-0.39, 0.29) is 22.0 Å². The van der Waals surface area contributed by atoms with Crippen molar-refractivity contribution in [3.05, 3.63) is 65.1 Å². The summed E-state index contributed by atoms with van der Waals surface area (Å²) in [6.07, 6.45) is 0.738. The van der Waals surface area contributed by atoms with Gasteiger partial charge in [-0.15, -0.1) is 0 Å². The summed E-state index contributed by atoms with van der Waals surface area (Å²) >= 11 is 5.92. The van der Waals surface area contributed by atoms with Crippen LogP contribution in [0.3, 0.4) is 0 Å². The minimum Gasteiger partial charge on any atom is -0.377 e. The zero-order valence-corrected chi connectivity index (χ0v) is 22.4. The maximum Gasteiger partial charge on any atom is 0.318 e. The fourth-order valence-electron chi connectivity index (χ4n) is 4.55. The van der Waals surface area contributed by atoms with E-state index in [0.717, 1.165) is 12.1 Å². The third-order valence-electron chi connectivity index (χ3n) is 6.89. The van der Waals surface area contributed by atoms with E-state index >= 15 is 0 Å². The predicted octanol–water partition coefficient (Wildman–Crippen LogP) is 4.38. The van der Waals surface area contributed by atoms with Crippen LogP contribution in [-0.4, -0.2) is 57.3 Å². The molecular weight excluding hydrogens is 533 g/mol. The third kappa shape index (κ3) is 4.81. The number of benzene rings is 2. The number of anilines is 2. The van der Waals surface area contributed by atoms with Gasteiger partial charge in [0.25, 0.3) is 0 Å². The van der Waals surface area contributed by atoms with E-state index < -0.39 is 20.4 Å². The summed E-state index contributed by atoms with van der Waals surface area (Å²) in [6, 6.07) is 11.9. The van der Waals surface area contributed by atoms with Crippen LogP contribution >= 0.6 is 11.6 Å². The van der Waals surface area contributed by atoms with Crippen molar-refractivity contribution in [1.29, 1.82) is 0 Å². The zero-order chi connectivity index (χ0) is 27.1. The molecule has 1 saturated carbocycles. The van der Waals surface area contributed by atoms with Gasteiger partial charge in [-0.3, -0.25) is 0 Å². The Hall–Kier alpha value is -3.28. The largest absolute Gasteiger partial charge is 0.377 e. The van der Waals surface area contributed by atoms with E-state index in [2.05, 4.69) is 15.5 Å². The molecule has 2 aromatic carbocycles. The Balaban J connectivity index is 1.60. The molecule has 0 unspecified atom stereocenters. The van der Waals surface area contributed by atoms with Crippen LogP contribution in [0.2, 0.25) is 5.02 Å². The number of nitrogens with zero attached hydrogens (tertiary/aromatic N) is 3. The van der Waals surface area contributed by atoms with Crippen molar-refractivity contribution in [2.24, 2.45) is 0 Å². The summed E-state index contributed by atoms with van der Waals surface area (Å²) in [5.74, 6) is 0.283. The number of aromatic nitrogens is 2. The third-order valence-corrected chi connectivity index (χ3v) is 9.70. The van der Waals surface area contributed by atoms with Crippen LogP contribution < -0.4 is 15.5 Å². The fraction of sp³-hybridized carbons (Fsp3) is 0.346. The Morgan fingerprint density at radius 3 is 2.53 bits per heavy atom. The van der Waals surface area contributed by atoms with Crippen molar-refractivity contribution in [2.75, 3.05) is 37.0 Å². The minimum atomic E-state index is -3.94. The number of morpholine rings is 1. The van der Waals surface area contributed by atoms with Gasteiger partial charge in [0, 0.05) is 30.9 Å². The first-order valence-corrected chi connectivity index (χ1v) is 14.0. The molecular formula is C26H27ClFN5O4S. The number of carbonyl (C=O) groups excluding carboxylic acids is 1. The normalized spacial score (nSPS) is 18.6. The van der Waals surface area contributed by atoms with E-state index in [1.807, 2.05) is 6.92 Å². The molecule has 12 heteroatoms. The molecule has 2 amide bonds. The molecule has 38 heavy (non-hydrogen) atoms. The number of carbonyl (C=O) groups is 1. The summed E-state index contributed by atoms with van der Waals surface area (Å²) in [5.41, 5.74) is 1.62. The van der Waals surface area contributed by atoms with Gasteiger partial charge in [0.1, 0.15) is 16.4 Å². The quantitative estimate of drug-likeness (QED) is 0.431. The highest BCUT2D eigenvalue weighted by molar-refractivity contribution is 7.92. The number of amides is 2. The van der Waals surface area contributed by atoms with E-state index in [0.29, 0.717) is 61.2 Å². The highest BCUT2D eigenvalue weighted by Gasteiger charge is 2.58. The molecule has 9 nitrogen and oxygen atoms in total. The maximum atomic E-state index is 13.8. The van der Waals surface area contributed by atoms with Gasteiger partial charge in [0.2, 0.25) is 0 Å². The molecule has 0 bridgehead atoms. The summed E-state index contributed by atoms with van der Waals surface area (Å²) < 4.78 is 45.8. The van der Waals surface area contributed by atoms with Crippen LogP contribution in [0.15, 0.2) is 53.4 Å². The molecule has 5 rings (SSSR count). The minimum absolute atomic E-state index is 0.0288. The Morgan fingerprint density at radius 2 is 1.89 bits per heavy atom. The molecule has 1 aromatic heterocycles. The molecule has 1 aliphatic heterocycles. The van der Waals surface area contributed by atoms with E-state index in [1.165, 1.54) is 13.1 Å². The number of hydrogen-bond acceptors (Lipinski definition) is 7. The molecule has 2 fully saturated rings. The van der Waals surface area contributed by atoms with Crippen LogP contribution in [0, 0.1) is 5.82 Å². The lowest BCUT2D eigenvalue weighted by atomic mass is 10.1. The first kappa shape index (κ1) is 26.3. The average molecular weight is 560 g/mol. The number of sulfone groups is 1. The van der Waals surface area contributed by atoms with Crippen LogP contribution in [0.4, 0.5) is 20.7 Å². The van der Waals surface area contributed by atoms with Gasteiger partial charge in [-0.25, -0.2) is 27.6 Å². The molecule has 2 heterocycles. The van der Waals surface area contributed by atoms with Crippen LogP contribution in [0.25, 0.3) is 11.4 Å². The molecule has 3 aromatic rings. The molecule has 1 atom stereocenters. The Labute approximate surface area is 225 Å². The van der Waals surface area contributed by atoms with E-state index in [9.17, 15) is 17.6 Å². The zero-order valence-electron chi connectivity index (χ0n) is 20.9. The average Bonchev–Trinajstić information content (AvgIpc) is 3.73. The highest BCUT2D eigenvalue weighted by atomic mass is 35.5. The smallest absolute Gasteiger partial charge is 0.318 e. The standard InChI is InChI=1S/C26H27ClFN5O4S/c1-16-15-37-12-11-33(16)23-14-22(26(9-10-26)38(35,36)19-7-8-21(28)20(27)13-19)31-24(32-23)17-3-5-18(6-4-17)30-25(34)29-2/h3-8,13-14,16H,9-12,15H2,1-2H3,(H2,29,30,34)/t16-/m0/s1. The Morgan fingerprint density at radius 1 is 1.16 bits per heavy atom. The Kier molecular flexibility index (Phi) is 7.01.